The van der Waals surface area contributed by atoms with Crippen LogP contribution >= 0.6 is 0 Å². The summed E-state index contributed by atoms with van der Waals surface area (Å²) in [5.74, 6) is 0. The van der Waals surface area contributed by atoms with E-state index >= 15 is 0 Å². The van der Waals surface area contributed by atoms with Gasteiger partial charge < -0.3 is 16.8 Å². The maximum absolute atomic E-state index is 6.42. The van der Waals surface area contributed by atoms with Crippen molar-refractivity contribution in [3.63, 3.8) is 0 Å². The molecule has 1 radical (unpaired) electrons. The Kier molecular flexibility index (Phi) is 8.51. The van der Waals surface area contributed by atoms with Gasteiger partial charge >= 0.3 is 0 Å². The second-order valence-electron chi connectivity index (χ2n) is 7.43. The van der Waals surface area contributed by atoms with Crippen molar-refractivity contribution in [2.24, 2.45) is 11.5 Å². The van der Waals surface area contributed by atoms with Gasteiger partial charge in [0.05, 0.1) is 0 Å². The first-order chi connectivity index (χ1) is 11.7. The summed E-state index contributed by atoms with van der Waals surface area (Å²) < 4.78 is 0. The Bertz CT molecular complexity index is 646. The Morgan fingerprint density at radius 2 is 0.923 bits per heavy atom. The van der Waals surface area contributed by atoms with Crippen molar-refractivity contribution in [1.82, 2.24) is 0 Å². The third-order valence-electron chi connectivity index (χ3n) is 4.87. The van der Waals surface area contributed by atoms with E-state index in [1.54, 1.807) is 0 Å². The van der Waals surface area contributed by atoms with Crippen LogP contribution in [0.1, 0.15) is 56.6 Å². The van der Waals surface area contributed by atoms with E-state index in [0.29, 0.717) is 13.1 Å². The van der Waals surface area contributed by atoms with Gasteiger partial charge in [-0.25, -0.2) is 0 Å². The van der Waals surface area contributed by atoms with Crippen LogP contribution in [0.15, 0.2) is 24.3 Å². The van der Waals surface area contributed by atoms with E-state index < -0.39 is 0 Å². The standard InChI is InChI=1S/C22H32N3.Co/c1-13-7-15(3)21(16(4)8-13)19(23)11-25-12-20(24)22-17(5)9-14(2)10-18(22)6;/h7-10,19-20H,11-12,23-24H2,1-6H3;/q-1;. The molecule has 2 aromatic carbocycles. The van der Waals surface area contributed by atoms with E-state index in [2.05, 4.69) is 71.1 Å². The molecule has 3 nitrogen and oxygen atoms in total. The van der Waals surface area contributed by atoms with Gasteiger partial charge in [-0.2, -0.15) is 0 Å². The van der Waals surface area contributed by atoms with E-state index in [9.17, 15) is 0 Å². The number of nitrogens with two attached hydrogens (primary N) is 2. The number of hydrogen-bond acceptors (Lipinski definition) is 2. The SMILES string of the molecule is Cc1cc(C)c(C(N)C[N-]CC(N)c2c(C)cc(C)cc2C)c(C)c1.[Co]. The largest absolute Gasteiger partial charge is 0.659 e. The Hall–Kier alpha value is -1.17. The van der Waals surface area contributed by atoms with Crippen LogP contribution in [0, 0.1) is 41.5 Å². The maximum atomic E-state index is 6.42. The summed E-state index contributed by atoms with van der Waals surface area (Å²) in [5.41, 5.74) is 22.8. The fourth-order valence-electron chi connectivity index (χ4n) is 4.09. The van der Waals surface area contributed by atoms with Gasteiger partial charge in [0.2, 0.25) is 0 Å². The summed E-state index contributed by atoms with van der Waals surface area (Å²) in [6.07, 6.45) is 0. The van der Waals surface area contributed by atoms with Crippen molar-refractivity contribution >= 4 is 0 Å². The van der Waals surface area contributed by atoms with Gasteiger partial charge in [-0.15, -0.1) is 13.1 Å². The van der Waals surface area contributed by atoms with E-state index in [1.807, 2.05) is 0 Å². The molecule has 0 amide bonds. The number of aryl methyl sites for hydroxylation is 6. The van der Waals surface area contributed by atoms with Crippen LogP contribution in [0.25, 0.3) is 5.32 Å². The van der Waals surface area contributed by atoms with E-state index in [-0.39, 0.29) is 28.9 Å². The molecule has 0 heterocycles. The molecule has 2 atom stereocenters. The molecule has 0 bridgehead atoms. The van der Waals surface area contributed by atoms with E-state index in [1.165, 1.54) is 44.5 Å². The zero-order chi connectivity index (χ0) is 18.7. The molecule has 4 heteroatoms. The van der Waals surface area contributed by atoms with Crippen LogP contribution in [0.5, 0.6) is 0 Å². The minimum atomic E-state index is -0.0759. The topological polar surface area (TPSA) is 66.1 Å². The summed E-state index contributed by atoms with van der Waals surface area (Å²) >= 11 is 0. The van der Waals surface area contributed by atoms with Crippen LogP contribution in [0.2, 0.25) is 0 Å². The van der Waals surface area contributed by atoms with Gasteiger partial charge in [-0.1, -0.05) is 35.4 Å². The summed E-state index contributed by atoms with van der Waals surface area (Å²) in [5, 5.41) is 4.68. The Morgan fingerprint density at radius 1 is 0.654 bits per heavy atom. The third kappa shape index (κ3) is 5.41. The van der Waals surface area contributed by atoms with Gasteiger partial charge in [0.15, 0.2) is 0 Å². The van der Waals surface area contributed by atoms with E-state index in [4.69, 9.17) is 11.5 Å². The summed E-state index contributed by atoms with van der Waals surface area (Å²) in [7, 11) is 0. The molecule has 0 saturated carbocycles. The summed E-state index contributed by atoms with van der Waals surface area (Å²) in [6, 6.07) is 8.60. The molecule has 4 N–H and O–H groups in total. The normalized spacial score (nSPS) is 13.2. The van der Waals surface area contributed by atoms with Crippen LogP contribution in [-0.4, -0.2) is 13.1 Å². The molecule has 2 rings (SSSR count). The molecular weight excluding hydrogens is 365 g/mol. The predicted molar refractivity (Wildman–Crippen MR) is 108 cm³/mol. The summed E-state index contributed by atoms with van der Waals surface area (Å²) in [4.78, 5) is 0. The van der Waals surface area contributed by atoms with Crippen molar-refractivity contribution < 1.29 is 16.8 Å². The van der Waals surface area contributed by atoms with Crippen LogP contribution in [0.3, 0.4) is 0 Å². The first kappa shape index (κ1) is 22.9. The number of nitrogens with zero attached hydrogens (tertiary/aromatic N) is 1. The summed E-state index contributed by atoms with van der Waals surface area (Å²) in [6.45, 7) is 13.9. The van der Waals surface area contributed by atoms with Crippen molar-refractivity contribution in [2.45, 2.75) is 53.6 Å². The maximum Gasteiger partial charge on any atom is 0.0110 e. The second-order valence-corrected chi connectivity index (χ2v) is 7.43. The smallest absolute Gasteiger partial charge is 0.0110 e. The van der Waals surface area contributed by atoms with E-state index in [0.717, 1.165) is 0 Å². The third-order valence-corrected chi connectivity index (χ3v) is 4.87. The van der Waals surface area contributed by atoms with Gasteiger partial charge in [0.25, 0.3) is 0 Å². The number of rotatable bonds is 6. The molecule has 26 heavy (non-hydrogen) atoms. The minimum Gasteiger partial charge on any atom is -0.659 e. The van der Waals surface area contributed by atoms with Gasteiger partial charge in [0.1, 0.15) is 0 Å². The van der Waals surface area contributed by atoms with Gasteiger partial charge in [-0.05, 0) is 74.9 Å². The van der Waals surface area contributed by atoms with Crippen molar-refractivity contribution in [3.8, 4) is 0 Å². The quantitative estimate of drug-likeness (QED) is 0.748. The number of benzene rings is 2. The molecule has 145 valence electrons. The fourth-order valence-corrected chi connectivity index (χ4v) is 4.09. The minimum absolute atomic E-state index is 0. The van der Waals surface area contributed by atoms with Crippen LogP contribution in [0.4, 0.5) is 0 Å². The van der Waals surface area contributed by atoms with Crippen molar-refractivity contribution in [2.75, 3.05) is 13.1 Å². The number of hydrogen-bond donors (Lipinski definition) is 2. The zero-order valence-electron chi connectivity index (χ0n) is 16.8. The van der Waals surface area contributed by atoms with Crippen molar-refractivity contribution in [3.05, 3.63) is 74.1 Å². The fraction of sp³-hybridized carbons (Fsp3) is 0.455. The zero-order valence-corrected chi connectivity index (χ0v) is 17.9. The molecule has 2 unspecified atom stereocenters. The average molecular weight is 397 g/mol. The monoisotopic (exact) mass is 397 g/mol. The predicted octanol–water partition coefficient (Wildman–Crippen LogP) is 4.61. The van der Waals surface area contributed by atoms with Crippen LogP contribution in [-0.2, 0) is 16.8 Å². The first-order valence-corrected chi connectivity index (χ1v) is 9.00. The van der Waals surface area contributed by atoms with Crippen molar-refractivity contribution in [1.29, 1.82) is 0 Å². The molecule has 0 fully saturated rings. The molecular formula is C22H32CoN3-. The Labute approximate surface area is 169 Å². The Balaban J connectivity index is 0.00000338. The van der Waals surface area contributed by atoms with Crippen LogP contribution < -0.4 is 11.5 Å². The average Bonchev–Trinajstić information content (AvgIpc) is 2.44. The molecule has 0 aliphatic carbocycles. The molecule has 2 aromatic rings. The molecule has 0 aromatic heterocycles. The second kappa shape index (κ2) is 9.67. The van der Waals surface area contributed by atoms with Gasteiger partial charge in [0, 0.05) is 28.9 Å². The molecule has 0 aliphatic rings. The first-order valence-electron chi connectivity index (χ1n) is 9.00. The molecule has 0 saturated heterocycles. The molecule has 0 aliphatic heterocycles. The van der Waals surface area contributed by atoms with Gasteiger partial charge in [-0.3, -0.25) is 0 Å². The Morgan fingerprint density at radius 3 is 1.19 bits per heavy atom. The molecule has 0 spiro atoms.